The van der Waals surface area contributed by atoms with E-state index < -0.39 is 0 Å². The van der Waals surface area contributed by atoms with E-state index in [-0.39, 0.29) is 18.3 Å². The number of carbonyl (C=O) groups is 1. The second-order valence-electron chi connectivity index (χ2n) is 7.01. The molecule has 0 aromatic heterocycles. The normalized spacial score (nSPS) is 36.9. The fraction of sp³-hybridized carbons (Fsp3) is 0.938. The summed E-state index contributed by atoms with van der Waals surface area (Å²) in [4.78, 5) is 17.4. The maximum Gasteiger partial charge on any atom is 0.225 e. The number of halogens is 1. The van der Waals surface area contributed by atoms with Gasteiger partial charge in [-0.1, -0.05) is 6.92 Å². The molecule has 6 heteroatoms. The van der Waals surface area contributed by atoms with Crippen molar-refractivity contribution < 1.29 is 9.53 Å². The lowest BCUT2D eigenvalue weighted by atomic mass is 9.92. The van der Waals surface area contributed by atoms with Gasteiger partial charge in [0.1, 0.15) is 0 Å². The highest BCUT2D eigenvalue weighted by Crippen LogP contribution is 2.26. The molecule has 128 valence electrons. The van der Waals surface area contributed by atoms with Crippen molar-refractivity contribution in [1.29, 1.82) is 0 Å². The summed E-state index contributed by atoms with van der Waals surface area (Å²) in [7, 11) is 0. The van der Waals surface area contributed by atoms with Crippen LogP contribution in [-0.2, 0) is 9.53 Å². The van der Waals surface area contributed by atoms with Crippen LogP contribution in [0.4, 0.5) is 0 Å². The molecule has 0 saturated carbocycles. The van der Waals surface area contributed by atoms with E-state index in [1.807, 2.05) is 0 Å². The van der Waals surface area contributed by atoms with Gasteiger partial charge < -0.3 is 15.0 Å². The Balaban J connectivity index is 0.00000176. The quantitative estimate of drug-likeness (QED) is 0.819. The van der Waals surface area contributed by atoms with Gasteiger partial charge in [0.25, 0.3) is 0 Å². The van der Waals surface area contributed by atoms with Gasteiger partial charge in [-0.3, -0.25) is 9.69 Å². The van der Waals surface area contributed by atoms with Crippen LogP contribution in [0.1, 0.15) is 26.7 Å². The molecule has 5 nitrogen and oxygen atoms in total. The third-order valence-corrected chi connectivity index (χ3v) is 5.37. The zero-order chi connectivity index (χ0) is 14.8. The first kappa shape index (κ1) is 18.0. The summed E-state index contributed by atoms with van der Waals surface area (Å²) in [6.07, 6.45) is 1.99. The van der Waals surface area contributed by atoms with Gasteiger partial charge in [0.2, 0.25) is 5.91 Å². The second-order valence-corrected chi connectivity index (χ2v) is 7.01. The summed E-state index contributed by atoms with van der Waals surface area (Å²) in [6.45, 7) is 11.0. The van der Waals surface area contributed by atoms with Gasteiger partial charge >= 0.3 is 0 Å². The Bertz CT molecular complexity index is 376. The largest absolute Gasteiger partial charge is 0.379 e. The molecule has 0 aliphatic carbocycles. The van der Waals surface area contributed by atoms with Crippen LogP contribution in [0.25, 0.3) is 0 Å². The smallest absolute Gasteiger partial charge is 0.225 e. The van der Waals surface area contributed by atoms with E-state index >= 15 is 0 Å². The summed E-state index contributed by atoms with van der Waals surface area (Å²) in [5.74, 6) is 1.20. The molecule has 3 aliphatic heterocycles. The van der Waals surface area contributed by atoms with Crippen LogP contribution >= 0.6 is 12.4 Å². The average molecular weight is 332 g/mol. The highest BCUT2D eigenvalue weighted by Gasteiger charge is 2.39. The number of hydrogen-bond acceptors (Lipinski definition) is 4. The van der Waals surface area contributed by atoms with Crippen LogP contribution in [0.5, 0.6) is 0 Å². The molecule has 0 aromatic rings. The molecule has 22 heavy (non-hydrogen) atoms. The van der Waals surface area contributed by atoms with Gasteiger partial charge in [-0.2, -0.15) is 0 Å². The molecular formula is C16H30ClN3O2. The topological polar surface area (TPSA) is 44.8 Å². The summed E-state index contributed by atoms with van der Waals surface area (Å²) < 4.78 is 5.45. The number of morpholine rings is 1. The van der Waals surface area contributed by atoms with Crippen LogP contribution in [0.3, 0.4) is 0 Å². The van der Waals surface area contributed by atoms with Crippen molar-refractivity contribution in [3.63, 3.8) is 0 Å². The molecule has 1 N–H and O–H groups in total. The molecule has 0 aromatic carbocycles. The fourth-order valence-corrected chi connectivity index (χ4v) is 4.13. The minimum Gasteiger partial charge on any atom is -0.379 e. The number of ether oxygens (including phenoxy) is 1. The molecule has 0 spiro atoms. The number of nitrogens with zero attached hydrogens (tertiary/aromatic N) is 2. The van der Waals surface area contributed by atoms with Crippen molar-refractivity contribution in [1.82, 2.24) is 15.1 Å². The number of amides is 1. The van der Waals surface area contributed by atoms with E-state index in [9.17, 15) is 4.79 Å². The van der Waals surface area contributed by atoms with Crippen LogP contribution < -0.4 is 5.32 Å². The van der Waals surface area contributed by atoms with Crippen molar-refractivity contribution >= 4 is 18.3 Å². The van der Waals surface area contributed by atoms with Crippen molar-refractivity contribution in [3.05, 3.63) is 0 Å². The molecule has 3 rings (SSSR count). The highest BCUT2D eigenvalue weighted by atomic mass is 35.5. The van der Waals surface area contributed by atoms with E-state index in [1.54, 1.807) is 0 Å². The number of nitrogens with one attached hydrogen (secondary N) is 1. The molecule has 2 unspecified atom stereocenters. The van der Waals surface area contributed by atoms with E-state index in [1.165, 1.54) is 0 Å². The molecule has 3 fully saturated rings. The predicted octanol–water partition coefficient (Wildman–Crippen LogP) is 0.975. The Hall–Kier alpha value is -0.360. The van der Waals surface area contributed by atoms with E-state index in [2.05, 4.69) is 29.0 Å². The number of carbonyl (C=O) groups excluding carboxylic acids is 1. The molecule has 1 amide bonds. The van der Waals surface area contributed by atoms with Gasteiger partial charge in [-0.25, -0.2) is 0 Å². The molecule has 3 saturated heterocycles. The monoisotopic (exact) mass is 331 g/mol. The highest BCUT2D eigenvalue weighted by molar-refractivity contribution is 5.85. The average Bonchev–Trinajstić information content (AvgIpc) is 2.89. The van der Waals surface area contributed by atoms with Gasteiger partial charge in [-0.05, 0) is 32.2 Å². The summed E-state index contributed by atoms with van der Waals surface area (Å²) in [5.41, 5.74) is 0. The number of hydrogen-bond donors (Lipinski definition) is 1. The Kier molecular flexibility index (Phi) is 6.50. The Morgan fingerprint density at radius 3 is 2.59 bits per heavy atom. The molecule has 0 bridgehead atoms. The first-order chi connectivity index (χ1) is 10.1. The van der Waals surface area contributed by atoms with Crippen LogP contribution in [0.2, 0.25) is 0 Å². The Morgan fingerprint density at radius 2 is 1.91 bits per heavy atom. The van der Waals surface area contributed by atoms with Crippen LogP contribution in [-0.4, -0.2) is 73.7 Å². The summed E-state index contributed by atoms with van der Waals surface area (Å²) in [5, 5.41) is 3.43. The first-order valence-corrected chi connectivity index (χ1v) is 8.49. The maximum absolute atomic E-state index is 12.8. The van der Waals surface area contributed by atoms with Crippen LogP contribution in [0, 0.1) is 11.8 Å². The lowest BCUT2D eigenvalue weighted by Gasteiger charge is -2.34. The summed E-state index contributed by atoms with van der Waals surface area (Å²) >= 11 is 0. The third kappa shape index (κ3) is 3.94. The zero-order valence-electron chi connectivity index (χ0n) is 13.8. The van der Waals surface area contributed by atoms with Gasteiger partial charge in [0.05, 0.1) is 13.2 Å². The van der Waals surface area contributed by atoms with E-state index in [0.717, 1.165) is 58.8 Å². The lowest BCUT2D eigenvalue weighted by molar-refractivity contribution is -0.136. The molecule has 3 heterocycles. The molecule has 3 aliphatic rings. The third-order valence-electron chi connectivity index (χ3n) is 5.37. The van der Waals surface area contributed by atoms with Crippen molar-refractivity contribution in [2.75, 3.05) is 45.9 Å². The van der Waals surface area contributed by atoms with E-state index in [4.69, 9.17) is 4.74 Å². The van der Waals surface area contributed by atoms with Crippen molar-refractivity contribution in [2.24, 2.45) is 11.8 Å². The molecular weight excluding hydrogens is 302 g/mol. The van der Waals surface area contributed by atoms with Crippen molar-refractivity contribution in [2.45, 2.75) is 38.8 Å². The Labute approximate surface area is 140 Å². The maximum atomic E-state index is 12.8. The lowest BCUT2D eigenvalue weighted by Crippen LogP contribution is -2.48. The number of piperidine rings is 1. The predicted molar refractivity (Wildman–Crippen MR) is 89.4 cm³/mol. The number of likely N-dealkylation sites (tertiary alicyclic amines) is 1. The Morgan fingerprint density at radius 1 is 1.18 bits per heavy atom. The standard InChI is InChI=1S/C16H29N3O2.ClH/c1-12-10-19(11-15(12)18-5-7-21-8-6-18)16(20)14-3-4-17-13(2)9-14;/h12-15,17H,3-11H2,1-2H3;1H/t12?,13-,14-,15?;/m0./s1. The van der Waals surface area contributed by atoms with Gasteiger partial charge in [0, 0.05) is 44.2 Å². The minimum absolute atomic E-state index is 0. The van der Waals surface area contributed by atoms with Gasteiger partial charge in [0.15, 0.2) is 0 Å². The second kappa shape index (κ2) is 7.95. The van der Waals surface area contributed by atoms with Gasteiger partial charge in [-0.15, -0.1) is 12.4 Å². The first-order valence-electron chi connectivity index (χ1n) is 8.49. The van der Waals surface area contributed by atoms with E-state index in [0.29, 0.717) is 23.9 Å². The number of rotatable bonds is 2. The SMILES string of the molecule is CC1CN(C(=O)[C@H]2CCN[C@@H](C)C2)CC1N1CCOCC1.Cl. The fourth-order valence-electron chi connectivity index (χ4n) is 4.13. The molecule has 0 radical (unpaired) electrons. The van der Waals surface area contributed by atoms with Crippen LogP contribution in [0.15, 0.2) is 0 Å². The summed E-state index contributed by atoms with van der Waals surface area (Å²) in [6, 6.07) is 1.000. The van der Waals surface area contributed by atoms with Crippen molar-refractivity contribution in [3.8, 4) is 0 Å². The molecule has 4 atom stereocenters. The zero-order valence-corrected chi connectivity index (χ0v) is 14.6. The minimum atomic E-state index is 0.